The van der Waals surface area contributed by atoms with Crippen molar-refractivity contribution in [3.05, 3.63) is 36.3 Å². The van der Waals surface area contributed by atoms with Gasteiger partial charge in [-0.25, -0.2) is 17.5 Å². The van der Waals surface area contributed by atoms with Crippen molar-refractivity contribution in [2.45, 2.75) is 31.5 Å². The summed E-state index contributed by atoms with van der Waals surface area (Å²) in [5.74, 6) is -0.0855. The monoisotopic (exact) mass is 501 g/mol. The lowest BCUT2D eigenvalue weighted by Crippen LogP contribution is -2.47. The topological polar surface area (TPSA) is 105 Å². The summed E-state index contributed by atoms with van der Waals surface area (Å²) in [5, 5.41) is 5.03. The summed E-state index contributed by atoms with van der Waals surface area (Å²) < 4.78 is 42.9. The smallest absolute Gasteiger partial charge is 0.284 e. The zero-order valence-corrected chi connectivity index (χ0v) is 20.5. The number of pyridine rings is 1. The number of anilines is 2. The highest BCUT2D eigenvalue weighted by molar-refractivity contribution is 7.89. The Morgan fingerprint density at radius 1 is 1.09 bits per heavy atom. The number of fused-ring (bicyclic) bond motifs is 1. The SMILES string of the molecule is CC(C)n1nc(S(=O)(=O)N2CC[C@H](C=O)C2)nc1N1CCN(c2ccnc3cc(F)ccc23)CC1. The van der Waals surface area contributed by atoms with Gasteiger partial charge in [-0.15, -0.1) is 5.10 Å². The third kappa shape index (κ3) is 4.36. The standard InChI is InChI=1S/C23H28FN7O3S/c1-16(2)31-23(26-22(27-31)35(33,34)30-8-6-17(14-30)15-32)29-11-9-28(10-12-29)21-5-7-25-20-13-18(24)3-4-19(20)21/h3-5,7,13,15-17H,6,8-12,14H2,1-2H3/t17-/m0/s1. The molecular formula is C23H28FN7O3S. The molecular weight excluding hydrogens is 473 g/mol. The Labute approximate surface area is 203 Å². The van der Waals surface area contributed by atoms with Crippen LogP contribution in [0.5, 0.6) is 0 Å². The van der Waals surface area contributed by atoms with Gasteiger partial charge in [0.05, 0.1) is 11.6 Å². The van der Waals surface area contributed by atoms with Gasteiger partial charge in [0, 0.05) is 68.5 Å². The van der Waals surface area contributed by atoms with E-state index in [0.29, 0.717) is 50.6 Å². The molecule has 186 valence electrons. The van der Waals surface area contributed by atoms with Crippen molar-refractivity contribution in [3.63, 3.8) is 0 Å². The van der Waals surface area contributed by atoms with Crippen LogP contribution in [-0.4, -0.2) is 78.0 Å². The summed E-state index contributed by atoms with van der Waals surface area (Å²) in [5.41, 5.74) is 1.60. The molecule has 0 radical (unpaired) electrons. The second-order valence-electron chi connectivity index (χ2n) is 9.25. The van der Waals surface area contributed by atoms with Gasteiger partial charge in [-0.2, -0.15) is 9.29 Å². The molecule has 0 saturated carbocycles. The first-order valence-electron chi connectivity index (χ1n) is 11.7. The van der Waals surface area contributed by atoms with Gasteiger partial charge in [0.15, 0.2) is 0 Å². The highest BCUT2D eigenvalue weighted by Crippen LogP contribution is 2.29. The van der Waals surface area contributed by atoms with Crippen molar-refractivity contribution >= 4 is 38.8 Å². The van der Waals surface area contributed by atoms with Crippen LogP contribution in [0.25, 0.3) is 10.9 Å². The molecule has 2 aliphatic heterocycles. The molecule has 0 unspecified atom stereocenters. The maximum atomic E-state index is 13.6. The Hall–Kier alpha value is -3.12. The van der Waals surface area contributed by atoms with Gasteiger partial charge in [-0.1, -0.05) is 0 Å². The van der Waals surface area contributed by atoms with Crippen LogP contribution in [0, 0.1) is 11.7 Å². The molecule has 0 N–H and O–H groups in total. The lowest BCUT2D eigenvalue weighted by molar-refractivity contribution is -0.110. The number of aromatic nitrogens is 4. The average Bonchev–Trinajstić information content (AvgIpc) is 3.52. The number of piperazine rings is 1. The Morgan fingerprint density at radius 3 is 2.51 bits per heavy atom. The number of benzene rings is 1. The Balaban J connectivity index is 1.37. The molecule has 1 aromatic carbocycles. The first kappa shape index (κ1) is 23.6. The summed E-state index contributed by atoms with van der Waals surface area (Å²) in [6.45, 7) is 6.92. The van der Waals surface area contributed by atoms with Gasteiger partial charge in [-0.3, -0.25) is 4.98 Å². The molecule has 35 heavy (non-hydrogen) atoms. The van der Waals surface area contributed by atoms with Crippen LogP contribution in [0.2, 0.25) is 0 Å². The molecule has 0 spiro atoms. The Bertz CT molecular complexity index is 1350. The van der Waals surface area contributed by atoms with Crippen LogP contribution in [0.4, 0.5) is 16.0 Å². The number of hydrogen-bond donors (Lipinski definition) is 0. The van der Waals surface area contributed by atoms with Crippen LogP contribution in [-0.2, 0) is 14.8 Å². The molecule has 4 heterocycles. The Morgan fingerprint density at radius 2 is 1.83 bits per heavy atom. The molecule has 1 atom stereocenters. The third-order valence-electron chi connectivity index (χ3n) is 6.62. The molecule has 0 bridgehead atoms. The second kappa shape index (κ2) is 9.15. The first-order chi connectivity index (χ1) is 16.8. The predicted octanol–water partition coefficient (Wildman–Crippen LogP) is 2.08. The van der Waals surface area contributed by atoms with Gasteiger partial charge in [0.2, 0.25) is 5.95 Å². The van der Waals surface area contributed by atoms with Crippen molar-refractivity contribution in [1.82, 2.24) is 24.1 Å². The van der Waals surface area contributed by atoms with Crippen LogP contribution in [0.1, 0.15) is 26.3 Å². The van der Waals surface area contributed by atoms with Gasteiger partial charge < -0.3 is 14.6 Å². The number of carbonyl (C=O) groups is 1. The molecule has 0 aliphatic carbocycles. The van der Waals surface area contributed by atoms with E-state index in [2.05, 4.69) is 20.0 Å². The molecule has 0 amide bonds. The van der Waals surface area contributed by atoms with E-state index in [4.69, 9.17) is 0 Å². The molecule has 3 aromatic rings. The number of hydrogen-bond acceptors (Lipinski definition) is 8. The third-order valence-corrected chi connectivity index (χ3v) is 8.26. The molecule has 5 rings (SSSR count). The molecule has 10 nitrogen and oxygen atoms in total. The Kier molecular flexibility index (Phi) is 6.18. The maximum absolute atomic E-state index is 13.6. The highest BCUT2D eigenvalue weighted by Gasteiger charge is 2.37. The fraction of sp³-hybridized carbons (Fsp3) is 0.478. The second-order valence-corrected chi connectivity index (χ2v) is 11.1. The molecule has 12 heteroatoms. The van der Waals surface area contributed by atoms with Gasteiger partial charge in [0.25, 0.3) is 15.2 Å². The minimum atomic E-state index is -3.88. The lowest BCUT2D eigenvalue weighted by atomic mass is 10.1. The van der Waals surface area contributed by atoms with Crippen molar-refractivity contribution < 1.29 is 17.6 Å². The first-order valence-corrected chi connectivity index (χ1v) is 13.2. The number of halogens is 1. The van der Waals surface area contributed by atoms with Crippen molar-refractivity contribution in [1.29, 1.82) is 0 Å². The quantitative estimate of drug-likeness (QED) is 0.473. The van der Waals surface area contributed by atoms with E-state index in [-0.39, 0.29) is 29.5 Å². The van der Waals surface area contributed by atoms with E-state index in [1.807, 2.05) is 24.8 Å². The minimum absolute atomic E-state index is 0.0835. The predicted molar refractivity (Wildman–Crippen MR) is 129 cm³/mol. The van der Waals surface area contributed by atoms with E-state index in [1.165, 1.54) is 16.4 Å². The zero-order valence-electron chi connectivity index (χ0n) is 19.7. The molecule has 2 aromatic heterocycles. The summed E-state index contributed by atoms with van der Waals surface area (Å²) in [7, 11) is -3.88. The number of rotatable bonds is 6. The van der Waals surface area contributed by atoms with Gasteiger partial charge in [-0.05, 0) is 38.5 Å². The van der Waals surface area contributed by atoms with Crippen molar-refractivity contribution in [2.24, 2.45) is 5.92 Å². The van der Waals surface area contributed by atoms with E-state index in [1.54, 1.807) is 16.9 Å². The zero-order chi connectivity index (χ0) is 24.7. The number of sulfonamides is 1. The molecule has 2 aliphatic rings. The summed E-state index contributed by atoms with van der Waals surface area (Å²) in [6.07, 6.45) is 3.01. The van der Waals surface area contributed by atoms with Crippen molar-refractivity contribution in [3.8, 4) is 0 Å². The summed E-state index contributed by atoms with van der Waals surface area (Å²) in [4.78, 5) is 24.1. The van der Waals surface area contributed by atoms with E-state index < -0.39 is 10.0 Å². The van der Waals surface area contributed by atoms with Crippen LogP contribution >= 0.6 is 0 Å². The molecule has 2 saturated heterocycles. The van der Waals surface area contributed by atoms with E-state index in [9.17, 15) is 17.6 Å². The normalized spacial score (nSPS) is 19.7. The summed E-state index contributed by atoms with van der Waals surface area (Å²) in [6, 6.07) is 6.47. The minimum Gasteiger partial charge on any atom is -0.367 e. The van der Waals surface area contributed by atoms with Crippen molar-refractivity contribution in [2.75, 3.05) is 49.1 Å². The largest absolute Gasteiger partial charge is 0.367 e. The summed E-state index contributed by atoms with van der Waals surface area (Å²) >= 11 is 0. The fourth-order valence-corrected chi connectivity index (χ4v) is 6.05. The maximum Gasteiger partial charge on any atom is 0.284 e. The van der Waals surface area contributed by atoms with E-state index in [0.717, 1.165) is 17.4 Å². The lowest BCUT2D eigenvalue weighted by Gasteiger charge is -2.37. The van der Waals surface area contributed by atoms with Gasteiger partial charge in [0.1, 0.15) is 12.1 Å². The number of nitrogens with zero attached hydrogens (tertiary/aromatic N) is 7. The van der Waals surface area contributed by atoms with Crippen LogP contribution in [0.3, 0.4) is 0 Å². The van der Waals surface area contributed by atoms with Gasteiger partial charge >= 0.3 is 0 Å². The average molecular weight is 502 g/mol. The van der Waals surface area contributed by atoms with E-state index >= 15 is 0 Å². The number of aldehydes is 1. The number of carbonyl (C=O) groups excluding carboxylic acids is 1. The highest BCUT2D eigenvalue weighted by atomic mass is 32.2. The van der Waals surface area contributed by atoms with Crippen LogP contribution in [0.15, 0.2) is 35.6 Å². The fourth-order valence-electron chi connectivity index (χ4n) is 4.70. The van der Waals surface area contributed by atoms with Crippen LogP contribution < -0.4 is 9.80 Å². The molecule has 2 fully saturated rings.